The van der Waals surface area contributed by atoms with Crippen LogP contribution in [0.15, 0.2) is 60.7 Å². The van der Waals surface area contributed by atoms with E-state index in [4.69, 9.17) is 0 Å². The molecule has 5 rings (SSSR count). The Bertz CT molecular complexity index is 1610. The Balaban J connectivity index is 1.54. The van der Waals surface area contributed by atoms with E-state index in [9.17, 15) is 40.2 Å². The molecule has 0 spiro atoms. The molecule has 10 heteroatoms. The molecule has 1 aliphatic carbocycles. The molecular weight excluding hydrogens is 540 g/mol. The molecule has 0 fully saturated rings. The van der Waals surface area contributed by atoms with Gasteiger partial charge in [0.25, 0.3) is 0 Å². The number of fused-ring (bicyclic) bond motifs is 2. The molecule has 0 saturated carbocycles. The summed E-state index contributed by atoms with van der Waals surface area (Å²) in [5, 5.41) is 67.6. The maximum atomic E-state index is 13.9. The number of rotatable bonds is 8. The molecule has 42 heavy (non-hydrogen) atoms. The van der Waals surface area contributed by atoms with Crippen molar-refractivity contribution in [1.29, 1.82) is 0 Å². The fourth-order valence-electron chi connectivity index (χ4n) is 5.37. The molecule has 0 saturated heterocycles. The minimum absolute atomic E-state index is 0.00205. The molecule has 0 heterocycles. The van der Waals surface area contributed by atoms with Crippen molar-refractivity contribution in [2.24, 2.45) is 0 Å². The summed E-state index contributed by atoms with van der Waals surface area (Å²) in [7, 11) is 0. The van der Waals surface area contributed by atoms with Gasteiger partial charge in [-0.15, -0.1) is 0 Å². The van der Waals surface area contributed by atoms with Crippen LogP contribution in [0.3, 0.4) is 0 Å². The molecule has 216 valence electrons. The lowest BCUT2D eigenvalue weighted by atomic mass is 9.81. The van der Waals surface area contributed by atoms with E-state index in [1.54, 1.807) is 26.0 Å². The Morgan fingerprint density at radius 3 is 1.26 bits per heavy atom. The molecule has 0 amide bonds. The molecule has 1 aliphatic rings. The molecule has 0 bridgehead atoms. The van der Waals surface area contributed by atoms with Gasteiger partial charge in [-0.3, -0.25) is 9.59 Å². The van der Waals surface area contributed by atoms with Gasteiger partial charge in [0.05, 0.1) is 22.3 Å². The van der Waals surface area contributed by atoms with E-state index in [0.29, 0.717) is 22.5 Å². The van der Waals surface area contributed by atoms with Gasteiger partial charge in [0.2, 0.25) is 11.6 Å². The van der Waals surface area contributed by atoms with Gasteiger partial charge in [0.15, 0.2) is 0 Å². The number of phenolic OH excluding ortho intramolecular Hbond substituents is 6. The predicted molar refractivity (Wildman–Crippen MR) is 156 cm³/mol. The van der Waals surface area contributed by atoms with Gasteiger partial charge in [0, 0.05) is 23.5 Å². The fraction of sp³-hybridized carbons (Fsp3) is 0.188. The summed E-state index contributed by atoms with van der Waals surface area (Å²) in [4.78, 5) is 27.7. The molecule has 0 aliphatic heterocycles. The summed E-state index contributed by atoms with van der Waals surface area (Å²) in [6.45, 7) is 3.61. The average molecular weight is 571 g/mol. The van der Waals surface area contributed by atoms with E-state index in [-0.39, 0.29) is 70.2 Å². The quantitative estimate of drug-likeness (QED) is 0.121. The Labute approximate surface area is 241 Å². The van der Waals surface area contributed by atoms with Gasteiger partial charge in [-0.25, -0.2) is 0 Å². The van der Waals surface area contributed by atoms with Crippen molar-refractivity contribution >= 4 is 22.9 Å². The summed E-state index contributed by atoms with van der Waals surface area (Å²) in [6.07, 6.45) is 0.536. The van der Waals surface area contributed by atoms with Gasteiger partial charge in [-0.2, -0.15) is 0 Å². The molecule has 4 aromatic rings. The van der Waals surface area contributed by atoms with Crippen LogP contribution in [0.5, 0.6) is 34.5 Å². The van der Waals surface area contributed by atoms with Crippen LogP contribution in [0.4, 0.5) is 11.4 Å². The van der Waals surface area contributed by atoms with Crippen molar-refractivity contribution in [2.75, 3.05) is 10.6 Å². The minimum Gasteiger partial charge on any atom is -0.508 e. The zero-order valence-corrected chi connectivity index (χ0v) is 22.8. The standard InChI is InChI=1S/C32H30N2O8/c1-15(11-17-13-19(35)3-7-23(17)37)33-21-5-6-22(34-16(2)12-18-14-20(36)4-8-24(18)38)28-27(21)31(41)29-25(39)9-10-26(40)30(29)32(28)42/h3-10,13-16,33-40H,11-12H2,1-2H3. The monoisotopic (exact) mass is 570 g/mol. The molecule has 0 radical (unpaired) electrons. The van der Waals surface area contributed by atoms with E-state index < -0.39 is 23.1 Å². The Hall–Kier alpha value is -5.38. The molecule has 2 atom stereocenters. The number of anilines is 2. The van der Waals surface area contributed by atoms with Crippen molar-refractivity contribution < 1.29 is 40.2 Å². The average Bonchev–Trinajstić information content (AvgIpc) is 2.93. The maximum Gasteiger partial charge on any atom is 0.200 e. The first-order chi connectivity index (χ1) is 19.9. The van der Waals surface area contributed by atoms with E-state index in [1.807, 2.05) is 0 Å². The van der Waals surface area contributed by atoms with Gasteiger partial charge in [0.1, 0.15) is 34.5 Å². The third kappa shape index (κ3) is 5.22. The van der Waals surface area contributed by atoms with Crippen LogP contribution < -0.4 is 10.6 Å². The van der Waals surface area contributed by atoms with Crippen LogP contribution in [0, 0.1) is 0 Å². The van der Waals surface area contributed by atoms with Gasteiger partial charge < -0.3 is 41.3 Å². The van der Waals surface area contributed by atoms with Crippen molar-refractivity contribution in [3.05, 3.63) is 94.0 Å². The summed E-state index contributed by atoms with van der Waals surface area (Å²) in [5.41, 5.74) is 0.936. The fourth-order valence-corrected chi connectivity index (χ4v) is 5.37. The number of carbonyl (C=O) groups excluding carboxylic acids is 2. The predicted octanol–water partition coefficient (Wildman–Crippen LogP) is 4.78. The maximum absolute atomic E-state index is 13.9. The molecular formula is C32H30N2O8. The summed E-state index contributed by atoms with van der Waals surface area (Å²) >= 11 is 0. The van der Waals surface area contributed by atoms with Crippen LogP contribution in [0.25, 0.3) is 0 Å². The number of hydrogen-bond donors (Lipinski definition) is 8. The smallest absolute Gasteiger partial charge is 0.200 e. The lowest BCUT2D eigenvalue weighted by Crippen LogP contribution is -2.28. The highest BCUT2D eigenvalue weighted by Crippen LogP contribution is 2.43. The van der Waals surface area contributed by atoms with E-state index in [0.717, 1.165) is 12.1 Å². The third-order valence-corrected chi connectivity index (χ3v) is 7.26. The first-order valence-corrected chi connectivity index (χ1v) is 13.3. The highest BCUT2D eigenvalue weighted by Gasteiger charge is 2.38. The van der Waals surface area contributed by atoms with Crippen LogP contribution in [-0.4, -0.2) is 54.3 Å². The Kier molecular flexibility index (Phi) is 7.30. The van der Waals surface area contributed by atoms with Gasteiger partial charge >= 0.3 is 0 Å². The topological polar surface area (TPSA) is 180 Å². The first kappa shape index (κ1) is 28.2. The number of carbonyl (C=O) groups is 2. The highest BCUT2D eigenvalue weighted by atomic mass is 16.3. The molecule has 8 N–H and O–H groups in total. The minimum atomic E-state index is -0.662. The lowest BCUT2D eigenvalue weighted by molar-refractivity contribution is 0.0975. The summed E-state index contributed by atoms with van der Waals surface area (Å²) in [5.74, 6) is -2.24. The van der Waals surface area contributed by atoms with E-state index in [2.05, 4.69) is 10.6 Å². The van der Waals surface area contributed by atoms with Crippen molar-refractivity contribution in [3.63, 3.8) is 0 Å². The second-order valence-electron chi connectivity index (χ2n) is 10.5. The molecule has 10 nitrogen and oxygen atoms in total. The van der Waals surface area contributed by atoms with E-state index in [1.165, 1.54) is 36.4 Å². The van der Waals surface area contributed by atoms with Crippen molar-refractivity contribution in [2.45, 2.75) is 38.8 Å². The summed E-state index contributed by atoms with van der Waals surface area (Å²) < 4.78 is 0. The van der Waals surface area contributed by atoms with Crippen LogP contribution in [0.1, 0.15) is 56.8 Å². The number of aromatic hydroxyl groups is 6. The zero-order valence-electron chi connectivity index (χ0n) is 22.8. The molecule has 0 aromatic heterocycles. The normalized spacial score (nSPS) is 13.7. The zero-order chi connectivity index (χ0) is 30.3. The lowest BCUT2D eigenvalue weighted by Gasteiger charge is -2.27. The van der Waals surface area contributed by atoms with Crippen molar-refractivity contribution in [1.82, 2.24) is 0 Å². The number of ketones is 2. The Morgan fingerprint density at radius 1 is 0.524 bits per heavy atom. The van der Waals surface area contributed by atoms with Gasteiger partial charge in [-0.1, -0.05) is 0 Å². The highest BCUT2D eigenvalue weighted by molar-refractivity contribution is 6.33. The number of phenols is 6. The SMILES string of the molecule is CC(Cc1cc(O)ccc1O)Nc1ccc(NC(C)Cc2cc(O)ccc2O)c2c1C(=O)c1c(O)ccc(O)c1C2=O. The number of hydrogen-bond acceptors (Lipinski definition) is 10. The summed E-state index contributed by atoms with van der Waals surface area (Å²) in [6, 6.07) is 13.1. The van der Waals surface area contributed by atoms with Gasteiger partial charge in [-0.05, 0) is 98.5 Å². The second-order valence-corrected chi connectivity index (χ2v) is 10.5. The van der Waals surface area contributed by atoms with Crippen molar-refractivity contribution in [3.8, 4) is 34.5 Å². The third-order valence-electron chi connectivity index (χ3n) is 7.26. The first-order valence-electron chi connectivity index (χ1n) is 13.3. The Morgan fingerprint density at radius 2 is 0.881 bits per heavy atom. The van der Waals surface area contributed by atoms with Crippen LogP contribution >= 0.6 is 0 Å². The number of benzene rings is 4. The van der Waals surface area contributed by atoms with E-state index >= 15 is 0 Å². The second kappa shape index (κ2) is 10.9. The largest absolute Gasteiger partial charge is 0.508 e. The molecule has 4 aromatic carbocycles. The van der Waals surface area contributed by atoms with Crippen LogP contribution in [0.2, 0.25) is 0 Å². The number of nitrogens with one attached hydrogen (secondary N) is 2. The van der Waals surface area contributed by atoms with Crippen LogP contribution in [-0.2, 0) is 12.8 Å². The molecule has 2 unspecified atom stereocenters.